The Labute approximate surface area is 209 Å². The standard InChI is InChI=1S/C29H26N4O3/c34-27(30-21-12-14-22(15-13-21)32-17-16-19-6-1-4-11-26(19)32)20-7-5-8-23(18-20)33-29(36)25-10-3-2-9-24(25)28(35)31-33/h1-8,11-15,18,24-25H,9-10,16-17H2,(H,30,34)(H,31,35). The first kappa shape index (κ1) is 22.1. The minimum Gasteiger partial charge on any atom is -0.341 e. The third-order valence-electron chi connectivity index (χ3n) is 7.22. The quantitative estimate of drug-likeness (QED) is 0.538. The molecule has 2 unspecified atom stereocenters. The van der Waals surface area contributed by atoms with E-state index in [0.29, 0.717) is 29.8 Å². The van der Waals surface area contributed by atoms with E-state index in [0.717, 1.165) is 18.7 Å². The molecule has 0 radical (unpaired) electrons. The molecule has 7 heteroatoms. The van der Waals surface area contributed by atoms with Crippen LogP contribution >= 0.6 is 0 Å². The number of carbonyl (C=O) groups is 3. The summed E-state index contributed by atoms with van der Waals surface area (Å²) in [4.78, 5) is 40.9. The summed E-state index contributed by atoms with van der Waals surface area (Å²) in [5.74, 6) is -1.31. The number of hydrogen-bond donors (Lipinski definition) is 2. The SMILES string of the molecule is O=C(Nc1ccc(N2CCc3ccccc32)cc1)c1cccc(N2NC(=O)C3CC=CCC3C2=O)c1. The van der Waals surface area contributed by atoms with Gasteiger partial charge in [0.1, 0.15) is 0 Å². The van der Waals surface area contributed by atoms with Gasteiger partial charge in [0.25, 0.3) is 5.91 Å². The molecule has 6 rings (SSSR count). The van der Waals surface area contributed by atoms with Gasteiger partial charge >= 0.3 is 0 Å². The van der Waals surface area contributed by atoms with Crippen molar-refractivity contribution in [2.75, 3.05) is 21.8 Å². The van der Waals surface area contributed by atoms with Crippen LogP contribution in [0.3, 0.4) is 0 Å². The van der Waals surface area contributed by atoms with Crippen LogP contribution in [0.25, 0.3) is 0 Å². The zero-order valence-electron chi connectivity index (χ0n) is 19.7. The monoisotopic (exact) mass is 478 g/mol. The molecule has 1 fully saturated rings. The van der Waals surface area contributed by atoms with Crippen molar-refractivity contribution in [3.63, 3.8) is 0 Å². The molecule has 0 spiro atoms. The van der Waals surface area contributed by atoms with Crippen LogP contribution in [0.15, 0.2) is 84.9 Å². The Morgan fingerprint density at radius 2 is 1.64 bits per heavy atom. The van der Waals surface area contributed by atoms with E-state index in [2.05, 4.69) is 33.8 Å². The molecule has 36 heavy (non-hydrogen) atoms. The fourth-order valence-electron chi connectivity index (χ4n) is 5.30. The molecule has 2 aliphatic heterocycles. The van der Waals surface area contributed by atoms with Crippen molar-refractivity contribution in [1.82, 2.24) is 5.43 Å². The molecule has 0 bridgehead atoms. The number of hydrazine groups is 1. The normalized spacial score (nSPS) is 20.6. The molecule has 2 N–H and O–H groups in total. The van der Waals surface area contributed by atoms with E-state index in [1.807, 2.05) is 42.5 Å². The van der Waals surface area contributed by atoms with Gasteiger partial charge in [0.05, 0.1) is 17.5 Å². The Hall–Kier alpha value is -4.39. The number of benzene rings is 3. The first-order chi connectivity index (χ1) is 17.6. The number of anilines is 4. The average molecular weight is 479 g/mol. The molecule has 180 valence electrons. The smallest absolute Gasteiger partial charge is 0.255 e. The van der Waals surface area contributed by atoms with Crippen molar-refractivity contribution in [3.05, 3.63) is 96.1 Å². The minimum absolute atomic E-state index is 0.152. The number of hydrogen-bond acceptors (Lipinski definition) is 4. The van der Waals surface area contributed by atoms with Crippen molar-refractivity contribution in [1.29, 1.82) is 0 Å². The van der Waals surface area contributed by atoms with Gasteiger partial charge in [-0.2, -0.15) is 0 Å². The molecule has 0 aromatic heterocycles. The van der Waals surface area contributed by atoms with Crippen molar-refractivity contribution < 1.29 is 14.4 Å². The molecule has 7 nitrogen and oxygen atoms in total. The molecule has 3 aromatic rings. The van der Waals surface area contributed by atoms with Crippen LogP contribution in [0.4, 0.5) is 22.7 Å². The van der Waals surface area contributed by atoms with Crippen molar-refractivity contribution in [2.24, 2.45) is 11.8 Å². The fraction of sp³-hybridized carbons (Fsp3) is 0.207. The summed E-state index contributed by atoms with van der Waals surface area (Å²) in [7, 11) is 0. The first-order valence-electron chi connectivity index (χ1n) is 12.2. The lowest BCUT2D eigenvalue weighted by Crippen LogP contribution is -2.59. The second kappa shape index (κ2) is 9.00. The lowest BCUT2D eigenvalue weighted by atomic mass is 9.80. The predicted octanol–water partition coefficient (Wildman–Crippen LogP) is 4.59. The number of nitrogens with one attached hydrogen (secondary N) is 2. The van der Waals surface area contributed by atoms with Crippen molar-refractivity contribution in [3.8, 4) is 0 Å². The highest BCUT2D eigenvalue weighted by atomic mass is 16.2. The third kappa shape index (κ3) is 3.92. The Morgan fingerprint density at radius 1 is 0.861 bits per heavy atom. The molecular formula is C29H26N4O3. The second-order valence-electron chi connectivity index (χ2n) is 9.39. The van der Waals surface area contributed by atoms with Gasteiger partial charge in [0, 0.05) is 29.2 Å². The van der Waals surface area contributed by atoms with Crippen LogP contribution in [-0.4, -0.2) is 24.3 Å². The maximum Gasteiger partial charge on any atom is 0.255 e. The summed E-state index contributed by atoms with van der Waals surface area (Å²) in [5, 5.41) is 4.21. The maximum atomic E-state index is 13.1. The van der Waals surface area contributed by atoms with Crippen LogP contribution in [0.2, 0.25) is 0 Å². The molecule has 1 saturated heterocycles. The van der Waals surface area contributed by atoms with Gasteiger partial charge in [-0.25, -0.2) is 5.01 Å². The molecule has 2 atom stereocenters. The number of para-hydroxylation sites is 1. The molecule has 0 saturated carbocycles. The van der Waals surface area contributed by atoms with Crippen LogP contribution in [0.1, 0.15) is 28.8 Å². The van der Waals surface area contributed by atoms with Crippen molar-refractivity contribution in [2.45, 2.75) is 19.3 Å². The van der Waals surface area contributed by atoms with E-state index in [1.54, 1.807) is 24.3 Å². The van der Waals surface area contributed by atoms with Gasteiger partial charge in [0.15, 0.2) is 0 Å². The Bertz CT molecular complexity index is 1380. The Kier molecular flexibility index (Phi) is 5.52. The number of rotatable bonds is 4. The molecule has 2 heterocycles. The summed E-state index contributed by atoms with van der Waals surface area (Å²) in [6.45, 7) is 0.932. The lowest BCUT2D eigenvalue weighted by Gasteiger charge is -2.38. The van der Waals surface area contributed by atoms with Gasteiger partial charge in [-0.3, -0.25) is 19.8 Å². The van der Waals surface area contributed by atoms with Crippen LogP contribution < -0.4 is 20.7 Å². The highest BCUT2D eigenvalue weighted by Gasteiger charge is 2.42. The van der Waals surface area contributed by atoms with E-state index >= 15 is 0 Å². The maximum absolute atomic E-state index is 13.1. The zero-order chi connectivity index (χ0) is 24.6. The molecule has 1 aliphatic carbocycles. The zero-order valence-corrected chi connectivity index (χ0v) is 19.7. The van der Waals surface area contributed by atoms with Gasteiger partial charge in [-0.05, 0) is 73.4 Å². The van der Waals surface area contributed by atoms with Crippen LogP contribution in [0.5, 0.6) is 0 Å². The summed E-state index contributed by atoms with van der Waals surface area (Å²) < 4.78 is 0. The van der Waals surface area contributed by atoms with Gasteiger partial charge in [0.2, 0.25) is 11.8 Å². The third-order valence-corrected chi connectivity index (χ3v) is 7.22. The Morgan fingerprint density at radius 3 is 2.47 bits per heavy atom. The molecule has 3 aromatic carbocycles. The fourth-order valence-corrected chi connectivity index (χ4v) is 5.30. The van der Waals surface area contributed by atoms with Crippen molar-refractivity contribution >= 4 is 40.5 Å². The van der Waals surface area contributed by atoms with E-state index in [4.69, 9.17) is 0 Å². The molecule has 3 amide bonds. The largest absolute Gasteiger partial charge is 0.341 e. The van der Waals surface area contributed by atoms with Gasteiger partial charge < -0.3 is 10.2 Å². The number of nitrogens with zero attached hydrogens (tertiary/aromatic N) is 2. The second-order valence-corrected chi connectivity index (χ2v) is 9.39. The summed E-state index contributed by atoms with van der Waals surface area (Å²) in [6, 6.07) is 22.9. The van der Waals surface area contributed by atoms with E-state index in [-0.39, 0.29) is 29.6 Å². The van der Waals surface area contributed by atoms with Crippen LogP contribution in [-0.2, 0) is 16.0 Å². The minimum atomic E-state index is -0.373. The molecule has 3 aliphatic rings. The Balaban J connectivity index is 1.16. The van der Waals surface area contributed by atoms with Gasteiger partial charge in [-0.15, -0.1) is 0 Å². The average Bonchev–Trinajstić information content (AvgIpc) is 3.35. The highest BCUT2D eigenvalue weighted by molar-refractivity contribution is 6.07. The predicted molar refractivity (Wildman–Crippen MR) is 139 cm³/mol. The summed E-state index contributed by atoms with van der Waals surface area (Å²) in [6.07, 6.45) is 6.04. The first-order valence-corrected chi connectivity index (χ1v) is 12.2. The number of allylic oxidation sites excluding steroid dienone is 2. The summed E-state index contributed by atoms with van der Waals surface area (Å²) in [5.41, 5.74) is 7.91. The number of fused-ring (bicyclic) bond motifs is 2. The van der Waals surface area contributed by atoms with Gasteiger partial charge in [-0.1, -0.05) is 36.4 Å². The highest BCUT2D eigenvalue weighted by Crippen LogP contribution is 2.35. The topological polar surface area (TPSA) is 81.8 Å². The van der Waals surface area contributed by atoms with Crippen LogP contribution in [0, 0.1) is 11.8 Å². The van der Waals surface area contributed by atoms with E-state index in [9.17, 15) is 14.4 Å². The summed E-state index contributed by atoms with van der Waals surface area (Å²) >= 11 is 0. The van der Waals surface area contributed by atoms with E-state index in [1.165, 1.54) is 16.3 Å². The van der Waals surface area contributed by atoms with E-state index < -0.39 is 0 Å². The molecular weight excluding hydrogens is 452 g/mol. The number of amides is 3. The number of carbonyl (C=O) groups excluding carboxylic acids is 3. The lowest BCUT2D eigenvalue weighted by molar-refractivity contribution is -0.139.